The van der Waals surface area contributed by atoms with Gasteiger partial charge in [0, 0.05) is 6.26 Å². The van der Waals surface area contributed by atoms with Crippen molar-refractivity contribution in [2.24, 2.45) is 0 Å². The van der Waals surface area contributed by atoms with Gasteiger partial charge in [0.2, 0.25) is 0 Å². The predicted octanol–water partition coefficient (Wildman–Crippen LogP) is 5.65. The first-order valence-electron chi connectivity index (χ1n) is 7.84. The van der Waals surface area contributed by atoms with Crippen molar-refractivity contribution in [3.8, 4) is 0 Å². The van der Waals surface area contributed by atoms with Crippen molar-refractivity contribution in [1.82, 2.24) is 0 Å². The summed E-state index contributed by atoms with van der Waals surface area (Å²) < 4.78 is 22.8. The third-order valence-corrected chi connectivity index (χ3v) is 5.57. The molecule has 0 aromatic heterocycles. The average Bonchev–Trinajstić information content (AvgIpc) is 3.02. The minimum Gasteiger partial charge on any atom is -0.224 e. The Hall–Kier alpha value is -1.52. The zero-order valence-electron chi connectivity index (χ0n) is 14.7. The van der Waals surface area contributed by atoms with Crippen LogP contribution in [0.4, 0.5) is 0 Å². The lowest BCUT2D eigenvalue weighted by molar-refractivity contribution is 0.602. The highest BCUT2D eigenvalue weighted by Crippen LogP contribution is 2.34. The van der Waals surface area contributed by atoms with Crippen LogP contribution in [0.25, 0.3) is 5.57 Å². The van der Waals surface area contributed by atoms with E-state index in [9.17, 15) is 8.42 Å². The molecule has 1 aromatic carbocycles. The Morgan fingerprint density at radius 3 is 2.25 bits per heavy atom. The Morgan fingerprint density at radius 2 is 1.83 bits per heavy atom. The van der Waals surface area contributed by atoms with Gasteiger partial charge < -0.3 is 0 Å². The quantitative estimate of drug-likeness (QED) is 0.634. The van der Waals surface area contributed by atoms with E-state index in [1.807, 2.05) is 25.3 Å². The Labute approximate surface area is 151 Å². The first-order chi connectivity index (χ1) is 11.3. The molecule has 0 atom stereocenters. The van der Waals surface area contributed by atoms with Crippen LogP contribution in [-0.2, 0) is 9.84 Å². The van der Waals surface area contributed by atoms with Crippen LogP contribution in [0.5, 0.6) is 0 Å². The highest BCUT2D eigenvalue weighted by molar-refractivity contribution is 8.02. The zero-order valence-corrected chi connectivity index (χ0v) is 16.3. The maximum absolute atomic E-state index is 11.4. The van der Waals surface area contributed by atoms with E-state index in [0.717, 1.165) is 23.3 Å². The Morgan fingerprint density at radius 1 is 1.21 bits per heavy atom. The molecule has 24 heavy (non-hydrogen) atoms. The molecule has 2 rings (SSSR count). The molecule has 0 heterocycles. The lowest BCUT2D eigenvalue weighted by Gasteiger charge is -2.06. The van der Waals surface area contributed by atoms with Crippen molar-refractivity contribution in [2.75, 3.05) is 12.5 Å². The van der Waals surface area contributed by atoms with E-state index in [-0.39, 0.29) is 0 Å². The van der Waals surface area contributed by atoms with Gasteiger partial charge in [-0.05, 0) is 66.2 Å². The summed E-state index contributed by atoms with van der Waals surface area (Å²) in [5.41, 5.74) is 3.88. The van der Waals surface area contributed by atoms with Crippen molar-refractivity contribution in [1.29, 1.82) is 0 Å². The van der Waals surface area contributed by atoms with Crippen LogP contribution in [0.15, 0.2) is 71.0 Å². The van der Waals surface area contributed by atoms with Crippen LogP contribution >= 0.6 is 11.8 Å². The molecule has 0 unspecified atom stereocenters. The number of allylic oxidation sites excluding steroid dienone is 5. The van der Waals surface area contributed by atoms with Crippen LogP contribution in [0.3, 0.4) is 0 Å². The molecule has 1 aliphatic carbocycles. The number of sulfone groups is 1. The summed E-state index contributed by atoms with van der Waals surface area (Å²) in [4.78, 5) is 1.41. The molecule has 0 saturated heterocycles. The van der Waals surface area contributed by atoms with Crippen LogP contribution in [0.1, 0.15) is 31.7 Å². The summed E-state index contributed by atoms with van der Waals surface area (Å²) in [5.74, 6) is 0. The summed E-state index contributed by atoms with van der Waals surface area (Å²) in [7, 11) is -3.10. The highest BCUT2D eigenvalue weighted by atomic mass is 32.2. The molecule has 1 aliphatic rings. The van der Waals surface area contributed by atoms with Gasteiger partial charge in [-0.25, -0.2) is 8.42 Å². The van der Waals surface area contributed by atoms with Gasteiger partial charge in [-0.2, -0.15) is 0 Å². The minimum absolute atomic E-state index is 0.387. The van der Waals surface area contributed by atoms with Gasteiger partial charge in [-0.1, -0.05) is 43.5 Å². The van der Waals surface area contributed by atoms with Gasteiger partial charge in [-0.3, -0.25) is 0 Å². The van der Waals surface area contributed by atoms with E-state index in [0.29, 0.717) is 4.90 Å². The van der Waals surface area contributed by atoms with E-state index >= 15 is 0 Å². The normalized spacial score (nSPS) is 14.5. The topological polar surface area (TPSA) is 34.1 Å². The second kappa shape index (κ2) is 9.70. The van der Waals surface area contributed by atoms with Gasteiger partial charge in [0.25, 0.3) is 0 Å². The van der Waals surface area contributed by atoms with Crippen molar-refractivity contribution in [3.05, 3.63) is 71.7 Å². The van der Waals surface area contributed by atoms with E-state index in [2.05, 4.69) is 25.3 Å². The molecule has 130 valence electrons. The number of rotatable bonds is 5. The van der Waals surface area contributed by atoms with Crippen LogP contribution < -0.4 is 0 Å². The van der Waals surface area contributed by atoms with Gasteiger partial charge >= 0.3 is 0 Å². The Balaban J connectivity index is 0.000000413. The second-order valence-corrected chi connectivity index (χ2v) is 8.48. The summed E-state index contributed by atoms with van der Waals surface area (Å²) in [6.07, 6.45) is 12.6. The standard InChI is InChI=1S/C15H18O2S.C5H8S/c1-3-5-12-6-4-7-15(12)13-8-10-14(11-9-13)18(2,16)17;1-4-5(2)6-3/h3,5,8-11H,4,6-7H2,1-2H3;4H,1-2H2,3H3/b5-3+;. The first-order valence-corrected chi connectivity index (χ1v) is 11.0. The van der Waals surface area contributed by atoms with Crippen molar-refractivity contribution in [3.63, 3.8) is 0 Å². The molecular formula is C20H26O2S2. The van der Waals surface area contributed by atoms with E-state index in [4.69, 9.17) is 0 Å². The van der Waals surface area contributed by atoms with Crippen molar-refractivity contribution >= 4 is 27.2 Å². The van der Waals surface area contributed by atoms with Crippen molar-refractivity contribution in [2.45, 2.75) is 31.1 Å². The van der Waals surface area contributed by atoms with Crippen molar-refractivity contribution < 1.29 is 8.42 Å². The fourth-order valence-corrected chi connectivity index (χ4v) is 3.27. The number of benzene rings is 1. The summed E-state index contributed by atoms with van der Waals surface area (Å²) in [6.45, 7) is 9.17. The maximum atomic E-state index is 11.4. The molecule has 0 saturated carbocycles. The van der Waals surface area contributed by atoms with Gasteiger partial charge in [-0.15, -0.1) is 11.8 Å². The molecule has 0 spiro atoms. The van der Waals surface area contributed by atoms with E-state index < -0.39 is 9.84 Å². The fraction of sp³-hybridized carbons (Fsp3) is 0.300. The molecule has 0 aliphatic heterocycles. The maximum Gasteiger partial charge on any atom is 0.175 e. The fourth-order valence-electron chi connectivity index (χ4n) is 2.47. The van der Waals surface area contributed by atoms with Crippen LogP contribution in [0, 0.1) is 0 Å². The van der Waals surface area contributed by atoms with Gasteiger partial charge in [0.1, 0.15) is 0 Å². The number of hydrogen-bond donors (Lipinski definition) is 0. The zero-order chi connectivity index (χ0) is 18.2. The lowest BCUT2D eigenvalue weighted by Crippen LogP contribution is -1.96. The van der Waals surface area contributed by atoms with Crippen LogP contribution in [-0.4, -0.2) is 20.9 Å². The summed E-state index contributed by atoms with van der Waals surface area (Å²) in [6, 6.07) is 7.23. The molecule has 1 aromatic rings. The molecule has 0 radical (unpaired) electrons. The van der Waals surface area contributed by atoms with E-state index in [1.54, 1.807) is 30.0 Å². The third-order valence-electron chi connectivity index (χ3n) is 3.75. The average molecular weight is 363 g/mol. The molecule has 4 heteroatoms. The molecule has 0 amide bonds. The number of hydrogen-bond acceptors (Lipinski definition) is 3. The van der Waals surface area contributed by atoms with Gasteiger partial charge in [0.05, 0.1) is 4.90 Å². The third kappa shape index (κ3) is 6.17. The Kier molecular flexibility index (Phi) is 8.29. The van der Waals surface area contributed by atoms with Gasteiger partial charge in [0.15, 0.2) is 9.84 Å². The van der Waals surface area contributed by atoms with Crippen LogP contribution in [0.2, 0.25) is 0 Å². The lowest BCUT2D eigenvalue weighted by atomic mass is 10.0. The predicted molar refractivity (Wildman–Crippen MR) is 108 cm³/mol. The Bertz CT molecular complexity index is 736. The molecule has 0 bridgehead atoms. The molecule has 0 N–H and O–H groups in total. The molecular weight excluding hydrogens is 336 g/mol. The minimum atomic E-state index is -3.10. The summed E-state index contributed by atoms with van der Waals surface area (Å²) >= 11 is 1.61. The molecule has 2 nitrogen and oxygen atoms in total. The monoisotopic (exact) mass is 362 g/mol. The summed E-state index contributed by atoms with van der Waals surface area (Å²) in [5, 5.41) is 0. The van der Waals surface area contributed by atoms with E-state index in [1.165, 1.54) is 23.8 Å². The molecule has 0 fully saturated rings. The first kappa shape index (κ1) is 20.5. The smallest absolute Gasteiger partial charge is 0.175 e. The number of thioether (sulfide) groups is 1. The second-order valence-electron chi connectivity index (χ2n) is 5.53. The highest BCUT2D eigenvalue weighted by Gasteiger charge is 2.14. The largest absolute Gasteiger partial charge is 0.224 e. The SMILES string of the molecule is C/C=C/C1=C(c2ccc(S(C)(=O)=O)cc2)CCC1.C=CC(=C)SC.